The Morgan fingerprint density at radius 3 is 2.31 bits per heavy atom. The molecular formula is C17H28F3IN4O. The van der Waals surface area contributed by atoms with Crippen molar-refractivity contribution < 1.29 is 17.9 Å². The lowest BCUT2D eigenvalue weighted by Gasteiger charge is -2.19. The second-order valence-corrected chi connectivity index (χ2v) is 5.65. The van der Waals surface area contributed by atoms with E-state index in [0.29, 0.717) is 38.6 Å². The van der Waals surface area contributed by atoms with Crippen LogP contribution in [0, 0.1) is 0 Å². The van der Waals surface area contributed by atoms with Crippen molar-refractivity contribution in [2.45, 2.75) is 19.0 Å². The molecule has 0 atom stereocenters. The number of ether oxygens (including phenoxy) is 1. The lowest BCUT2D eigenvalue weighted by Crippen LogP contribution is -2.39. The number of nitrogens with one attached hydrogen (secondary N) is 2. The number of rotatable bonds is 10. The molecule has 9 heteroatoms. The van der Waals surface area contributed by atoms with Crippen molar-refractivity contribution in [3.05, 3.63) is 30.3 Å². The fourth-order valence-corrected chi connectivity index (χ4v) is 2.15. The standard InChI is InChI=1S/C17H27F3N4O.HI/c1-21-16(22-10-6-12-24(2)14-17(18,19)20)23-11-7-13-25-15-8-4-3-5-9-15;/h3-5,8-9H,6-7,10-14H2,1-2H3,(H2,21,22,23);1H. The number of hydrogen-bond donors (Lipinski definition) is 2. The molecule has 1 aromatic carbocycles. The largest absolute Gasteiger partial charge is 0.494 e. The van der Waals surface area contributed by atoms with Gasteiger partial charge in [-0.25, -0.2) is 0 Å². The zero-order valence-electron chi connectivity index (χ0n) is 15.2. The molecule has 0 aliphatic heterocycles. The van der Waals surface area contributed by atoms with Crippen LogP contribution in [0.3, 0.4) is 0 Å². The van der Waals surface area contributed by atoms with Crippen molar-refractivity contribution in [1.29, 1.82) is 0 Å². The van der Waals surface area contributed by atoms with E-state index < -0.39 is 12.7 Å². The molecule has 0 unspecified atom stereocenters. The molecule has 0 fully saturated rings. The van der Waals surface area contributed by atoms with Gasteiger partial charge >= 0.3 is 6.18 Å². The molecule has 0 aliphatic carbocycles. The maximum absolute atomic E-state index is 12.2. The molecule has 0 saturated carbocycles. The van der Waals surface area contributed by atoms with Gasteiger partial charge in [0, 0.05) is 20.1 Å². The summed E-state index contributed by atoms with van der Waals surface area (Å²) in [5.41, 5.74) is 0. The molecule has 0 spiro atoms. The zero-order valence-corrected chi connectivity index (χ0v) is 17.5. The first-order chi connectivity index (χ1) is 11.9. The first-order valence-corrected chi connectivity index (χ1v) is 8.28. The van der Waals surface area contributed by atoms with Crippen molar-refractivity contribution in [2.24, 2.45) is 4.99 Å². The van der Waals surface area contributed by atoms with Gasteiger partial charge in [-0.1, -0.05) is 18.2 Å². The van der Waals surface area contributed by atoms with Crippen LogP contribution in [0.15, 0.2) is 35.3 Å². The lowest BCUT2D eigenvalue weighted by molar-refractivity contribution is -0.143. The van der Waals surface area contributed by atoms with Crippen LogP contribution in [0.5, 0.6) is 5.75 Å². The molecule has 2 N–H and O–H groups in total. The molecule has 26 heavy (non-hydrogen) atoms. The van der Waals surface area contributed by atoms with E-state index in [9.17, 15) is 13.2 Å². The molecule has 0 radical (unpaired) electrons. The Balaban J connectivity index is 0.00000625. The molecule has 0 aromatic heterocycles. The Bertz CT molecular complexity index is 501. The number of para-hydroxylation sites is 1. The van der Waals surface area contributed by atoms with Crippen LogP contribution in [0.25, 0.3) is 0 Å². The van der Waals surface area contributed by atoms with Gasteiger partial charge in [0.05, 0.1) is 13.2 Å². The molecule has 1 rings (SSSR count). The minimum atomic E-state index is -4.15. The van der Waals surface area contributed by atoms with E-state index >= 15 is 0 Å². The number of aliphatic imine (C=N–C) groups is 1. The Morgan fingerprint density at radius 2 is 1.73 bits per heavy atom. The van der Waals surface area contributed by atoms with Gasteiger partial charge in [-0.2, -0.15) is 13.2 Å². The van der Waals surface area contributed by atoms with Crippen LogP contribution in [-0.4, -0.2) is 63.9 Å². The summed E-state index contributed by atoms with van der Waals surface area (Å²) in [5.74, 6) is 1.48. The highest BCUT2D eigenvalue weighted by Crippen LogP contribution is 2.15. The SMILES string of the molecule is CN=C(NCCCOc1ccccc1)NCCCN(C)CC(F)(F)F.I. The van der Waals surface area contributed by atoms with Crippen LogP contribution in [0.2, 0.25) is 0 Å². The second kappa shape index (κ2) is 13.9. The van der Waals surface area contributed by atoms with Crippen LogP contribution >= 0.6 is 24.0 Å². The highest BCUT2D eigenvalue weighted by Gasteiger charge is 2.28. The summed E-state index contributed by atoms with van der Waals surface area (Å²) in [6.45, 7) is 1.33. The Morgan fingerprint density at radius 1 is 1.12 bits per heavy atom. The maximum atomic E-state index is 12.2. The zero-order chi connectivity index (χ0) is 18.5. The van der Waals surface area contributed by atoms with Crippen molar-refractivity contribution >= 4 is 29.9 Å². The first-order valence-electron chi connectivity index (χ1n) is 8.28. The van der Waals surface area contributed by atoms with Gasteiger partial charge in [-0.15, -0.1) is 24.0 Å². The average molecular weight is 488 g/mol. The lowest BCUT2D eigenvalue weighted by atomic mass is 10.3. The van der Waals surface area contributed by atoms with Crippen LogP contribution in [0.4, 0.5) is 13.2 Å². The van der Waals surface area contributed by atoms with Gasteiger partial charge in [0.1, 0.15) is 5.75 Å². The number of halogens is 4. The number of guanidine groups is 1. The number of alkyl halides is 3. The third kappa shape index (κ3) is 13.0. The molecule has 0 saturated heterocycles. The Labute approximate surface area is 170 Å². The monoisotopic (exact) mass is 488 g/mol. The maximum Gasteiger partial charge on any atom is 0.401 e. The highest BCUT2D eigenvalue weighted by molar-refractivity contribution is 14.0. The summed E-state index contributed by atoms with van der Waals surface area (Å²) in [7, 11) is 3.12. The van der Waals surface area contributed by atoms with E-state index in [1.54, 1.807) is 7.05 Å². The van der Waals surface area contributed by atoms with Gasteiger partial charge in [0.15, 0.2) is 5.96 Å². The van der Waals surface area contributed by atoms with Crippen molar-refractivity contribution in [3.63, 3.8) is 0 Å². The summed E-state index contributed by atoms with van der Waals surface area (Å²) in [5, 5.41) is 6.23. The van der Waals surface area contributed by atoms with Crippen LogP contribution in [0.1, 0.15) is 12.8 Å². The van der Waals surface area contributed by atoms with Gasteiger partial charge < -0.3 is 15.4 Å². The van der Waals surface area contributed by atoms with E-state index in [-0.39, 0.29) is 24.0 Å². The van der Waals surface area contributed by atoms with E-state index in [1.807, 2.05) is 30.3 Å². The molecule has 1 aromatic rings. The van der Waals surface area contributed by atoms with Gasteiger partial charge in [-0.05, 0) is 38.6 Å². The smallest absolute Gasteiger partial charge is 0.401 e. The predicted molar refractivity (Wildman–Crippen MR) is 110 cm³/mol. The van der Waals surface area contributed by atoms with Crippen LogP contribution in [-0.2, 0) is 0 Å². The van der Waals surface area contributed by atoms with E-state index in [4.69, 9.17) is 4.74 Å². The van der Waals surface area contributed by atoms with Crippen molar-refractivity contribution in [2.75, 3.05) is 46.9 Å². The predicted octanol–water partition coefficient (Wildman–Crippen LogP) is 3.12. The van der Waals surface area contributed by atoms with Gasteiger partial charge in [0.25, 0.3) is 0 Å². The minimum absolute atomic E-state index is 0. The normalized spacial score (nSPS) is 11.8. The summed E-state index contributed by atoms with van der Waals surface area (Å²) in [4.78, 5) is 5.34. The molecule has 0 amide bonds. The van der Waals surface area contributed by atoms with Gasteiger partial charge in [0.2, 0.25) is 0 Å². The summed E-state index contributed by atoms with van der Waals surface area (Å²) < 4.78 is 42.2. The molecular weight excluding hydrogens is 460 g/mol. The van der Waals surface area contributed by atoms with Crippen molar-refractivity contribution in [1.82, 2.24) is 15.5 Å². The van der Waals surface area contributed by atoms with Crippen molar-refractivity contribution in [3.8, 4) is 5.75 Å². The van der Waals surface area contributed by atoms with Gasteiger partial charge in [-0.3, -0.25) is 9.89 Å². The summed E-state index contributed by atoms with van der Waals surface area (Å²) in [6, 6.07) is 9.59. The van der Waals surface area contributed by atoms with E-state index in [2.05, 4.69) is 15.6 Å². The minimum Gasteiger partial charge on any atom is -0.494 e. The highest BCUT2D eigenvalue weighted by atomic mass is 127. The molecule has 0 aliphatic rings. The first kappa shape index (κ1) is 24.8. The third-order valence-electron chi connectivity index (χ3n) is 3.31. The topological polar surface area (TPSA) is 48.9 Å². The number of benzene rings is 1. The van der Waals surface area contributed by atoms with E-state index in [1.165, 1.54) is 11.9 Å². The number of nitrogens with zero attached hydrogens (tertiary/aromatic N) is 2. The summed E-state index contributed by atoms with van der Waals surface area (Å²) >= 11 is 0. The Hall–Kier alpha value is -1.23. The molecule has 5 nitrogen and oxygen atoms in total. The summed E-state index contributed by atoms with van der Waals surface area (Å²) in [6.07, 6.45) is -2.74. The fraction of sp³-hybridized carbons (Fsp3) is 0.588. The molecule has 0 bridgehead atoms. The third-order valence-corrected chi connectivity index (χ3v) is 3.31. The fourth-order valence-electron chi connectivity index (χ4n) is 2.15. The van der Waals surface area contributed by atoms with Crippen LogP contribution < -0.4 is 15.4 Å². The molecule has 0 heterocycles. The number of hydrogen-bond acceptors (Lipinski definition) is 3. The Kier molecular flexibility index (Phi) is 13.2. The molecule has 150 valence electrons. The average Bonchev–Trinajstić information content (AvgIpc) is 2.55. The van der Waals surface area contributed by atoms with E-state index in [0.717, 1.165) is 12.2 Å². The quantitative estimate of drug-likeness (QED) is 0.230. The second-order valence-electron chi connectivity index (χ2n) is 5.65.